The first-order valence-corrected chi connectivity index (χ1v) is 5.02. The lowest BCUT2D eigenvalue weighted by Gasteiger charge is -2.20. The summed E-state index contributed by atoms with van der Waals surface area (Å²) in [6.07, 6.45) is 0. The number of hydrogen-bond donors (Lipinski definition) is 4. The lowest BCUT2D eigenvalue weighted by molar-refractivity contribution is 0.0698. The van der Waals surface area contributed by atoms with Crippen molar-refractivity contribution in [1.29, 1.82) is 0 Å². The topological polar surface area (TPSA) is 86.7 Å². The average Bonchev–Trinajstić information content (AvgIpc) is 2.35. The van der Waals surface area contributed by atoms with Crippen LogP contribution in [0.2, 0.25) is 0 Å². The van der Waals surface area contributed by atoms with Gasteiger partial charge >= 0.3 is 0 Å². The van der Waals surface area contributed by atoms with E-state index in [4.69, 9.17) is 21.1 Å². The Bertz CT molecular complexity index is 357. The number of halogens is 3. The van der Waals surface area contributed by atoms with Gasteiger partial charge in [0, 0.05) is 12.1 Å². The van der Waals surface area contributed by atoms with Crippen molar-refractivity contribution in [2.24, 2.45) is 5.73 Å². The molecule has 0 aliphatic heterocycles. The van der Waals surface area contributed by atoms with E-state index in [0.717, 1.165) is 0 Å². The van der Waals surface area contributed by atoms with Crippen molar-refractivity contribution in [3.05, 3.63) is 29.6 Å². The highest BCUT2D eigenvalue weighted by Crippen LogP contribution is 2.02. The van der Waals surface area contributed by atoms with Crippen molar-refractivity contribution >= 4 is 13.3 Å². The minimum atomic E-state index is -1.21. The number of rotatable bonds is 3. The van der Waals surface area contributed by atoms with Crippen LogP contribution in [-0.4, -0.2) is 48.5 Å². The summed E-state index contributed by atoms with van der Waals surface area (Å²) in [6, 6.07) is 1.30. The molecule has 1 rings (SSSR count). The van der Waals surface area contributed by atoms with Gasteiger partial charge in [0.15, 0.2) is 0 Å². The van der Waals surface area contributed by atoms with Gasteiger partial charge in [0.2, 0.25) is 0 Å². The lowest BCUT2D eigenvalue weighted by atomic mass is 9.95. The summed E-state index contributed by atoms with van der Waals surface area (Å²) in [7, 11) is 1.25. The summed E-state index contributed by atoms with van der Waals surface area (Å²) >= 11 is 0. The second kappa shape index (κ2) is 7.37. The van der Waals surface area contributed by atoms with Crippen molar-refractivity contribution in [2.75, 3.05) is 19.8 Å². The number of benzene rings is 1. The molecule has 0 aromatic heterocycles. The fraction of sp³-hybridized carbons (Fsp3) is 0.400. The van der Waals surface area contributed by atoms with E-state index in [-0.39, 0.29) is 5.46 Å². The predicted molar refractivity (Wildman–Crippen MR) is 62.7 cm³/mol. The van der Waals surface area contributed by atoms with Crippen molar-refractivity contribution in [2.45, 2.75) is 5.54 Å². The largest absolute Gasteiger partial charge is 0.394 e. The van der Waals surface area contributed by atoms with Gasteiger partial charge in [-0.1, -0.05) is 0 Å². The Morgan fingerprint density at radius 1 is 1.00 bits per heavy atom. The summed E-state index contributed by atoms with van der Waals surface area (Å²) in [5.74, 6) is -2.59. The third kappa shape index (κ3) is 5.05. The maximum atomic E-state index is 12.4. The van der Waals surface area contributed by atoms with E-state index >= 15 is 0 Å². The van der Waals surface area contributed by atoms with Crippen LogP contribution in [0.15, 0.2) is 12.1 Å². The molecule has 0 heterocycles. The van der Waals surface area contributed by atoms with Crippen LogP contribution >= 0.6 is 0 Å². The average molecular weight is 265 g/mol. The van der Waals surface area contributed by atoms with E-state index in [1.165, 1.54) is 7.85 Å². The Hall–Kier alpha value is -1.09. The van der Waals surface area contributed by atoms with Gasteiger partial charge in [-0.05, 0) is 5.46 Å². The van der Waals surface area contributed by atoms with E-state index in [1.54, 1.807) is 0 Å². The second-order valence-electron chi connectivity index (χ2n) is 3.83. The van der Waals surface area contributed by atoms with Gasteiger partial charge in [-0.3, -0.25) is 0 Å². The molecule has 1 aromatic carbocycles. The SMILES string of the molecule is Bc1c(F)cc(F)cc1F.NC(CO)(CO)CO. The van der Waals surface area contributed by atoms with Gasteiger partial charge in [-0.25, -0.2) is 13.2 Å². The Kier molecular flexibility index (Phi) is 6.93. The molecular weight excluding hydrogens is 250 g/mol. The number of hydrogen-bond acceptors (Lipinski definition) is 4. The Morgan fingerprint density at radius 3 is 1.56 bits per heavy atom. The Balaban J connectivity index is 0.000000331. The molecule has 8 heteroatoms. The molecule has 0 saturated carbocycles. The molecule has 0 unspecified atom stereocenters. The van der Waals surface area contributed by atoms with Crippen LogP contribution in [0.4, 0.5) is 13.2 Å². The normalized spacial score (nSPS) is 10.8. The van der Waals surface area contributed by atoms with Crippen LogP contribution in [0.3, 0.4) is 0 Å². The minimum Gasteiger partial charge on any atom is -0.394 e. The quantitative estimate of drug-likeness (QED) is 0.477. The third-order valence-corrected chi connectivity index (χ3v) is 2.19. The highest BCUT2D eigenvalue weighted by Gasteiger charge is 2.20. The van der Waals surface area contributed by atoms with Crippen LogP contribution in [0.25, 0.3) is 0 Å². The number of nitrogens with two attached hydrogens (primary N) is 1. The number of aliphatic hydroxyl groups is 3. The van der Waals surface area contributed by atoms with Crippen LogP contribution in [0.5, 0.6) is 0 Å². The zero-order chi connectivity index (χ0) is 14.3. The molecule has 102 valence electrons. The Labute approximate surface area is 103 Å². The van der Waals surface area contributed by atoms with E-state index in [1.807, 2.05) is 0 Å². The Morgan fingerprint density at radius 2 is 1.33 bits per heavy atom. The van der Waals surface area contributed by atoms with Gasteiger partial charge in [-0.2, -0.15) is 0 Å². The third-order valence-electron chi connectivity index (χ3n) is 2.19. The fourth-order valence-corrected chi connectivity index (χ4v) is 0.764. The molecule has 5 N–H and O–H groups in total. The summed E-state index contributed by atoms with van der Waals surface area (Å²) in [4.78, 5) is 0. The van der Waals surface area contributed by atoms with Crippen LogP contribution in [0.1, 0.15) is 0 Å². The molecule has 0 atom stereocenters. The van der Waals surface area contributed by atoms with Gasteiger partial charge in [0.05, 0.1) is 25.4 Å². The van der Waals surface area contributed by atoms with E-state index in [9.17, 15) is 13.2 Å². The maximum absolute atomic E-state index is 12.4. The van der Waals surface area contributed by atoms with Crippen molar-refractivity contribution in [3.63, 3.8) is 0 Å². The summed E-state index contributed by atoms with van der Waals surface area (Å²) in [6.45, 7) is -1.21. The molecule has 1 aromatic rings. The zero-order valence-electron chi connectivity index (χ0n) is 9.83. The van der Waals surface area contributed by atoms with Crippen molar-refractivity contribution < 1.29 is 28.5 Å². The first-order chi connectivity index (χ1) is 8.29. The summed E-state index contributed by atoms with van der Waals surface area (Å²) in [5, 5.41) is 25.0. The molecule has 0 saturated heterocycles. The van der Waals surface area contributed by atoms with Crippen LogP contribution in [-0.2, 0) is 0 Å². The van der Waals surface area contributed by atoms with E-state index < -0.39 is 42.8 Å². The molecule has 0 spiro atoms. The minimum absolute atomic E-state index is 0.151. The maximum Gasteiger partial charge on any atom is 0.147 e. The molecule has 0 amide bonds. The molecule has 4 nitrogen and oxygen atoms in total. The van der Waals surface area contributed by atoms with Crippen LogP contribution < -0.4 is 11.2 Å². The number of aliphatic hydroxyl groups excluding tert-OH is 3. The molecule has 0 fully saturated rings. The lowest BCUT2D eigenvalue weighted by Crippen LogP contribution is -2.50. The molecule has 18 heavy (non-hydrogen) atoms. The molecule has 0 bridgehead atoms. The summed E-state index contributed by atoms with van der Waals surface area (Å²) < 4.78 is 36.8. The van der Waals surface area contributed by atoms with E-state index in [2.05, 4.69) is 0 Å². The summed E-state index contributed by atoms with van der Waals surface area (Å²) in [5.41, 5.74) is 3.79. The van der Waals surface area contributed by atoms with Gasteiger partial charge in [0.1, 0.15) is 25.3 Å². The van der Waals surface area contributed by atoms with Crippen molar-refractivity contribution in [3.8, 4) is 0 Å². The van der Waals surface area contributed by atoms with Crippen molar-refractivity contribution in [1.82, 2.24) is 0 Å². The highest BCUT2D eigenvalue weighted by atomic mass is 19.1. The van der Waals surface area contributed by atoms with Crippen LogP contribution in [0, 0.1) is 17.5 Å². The second-order valence-corrected chi connectivity index (χ2v) is 3.83. The molecule has 0 aliphatic carbocycles. The smallest absolute Gasteiger partial charge is 0.147 e. The first-order valence-electron chi connectivity index (χ1n) is 5.02. The zero-order valence-corrected chi connectivity index (χ0v) is 9.83. The van der Waals surface area contributed by atoms with Gasteiger partial charge in [-0.15, -0.1) is 0 Å². The molecule has 0 radical (unpaired) electrons. The molecule has 0 aliphatic rings. The highest BCUT2D eigenvalue weighted by molar-refractivity contribution is 6.32. The van der Waals surface area contributed by atoms with Gasteiger partial charge in [0.25, 0.3) is 0 Å². The molecular formula is C10H15BF3NO3. The van der Waals surface area contributed by atoms with E-state index in [0.29, 0.717) is 12.1 Å². The standard InChI is InChI=1S/C6H4BF3.C4H11NO3/c7-6-4(9)1-3(8)2-5(6)10;5-4(1-6,2-7)3-8/h1-2H,7H2;6-8H,1-3,5H2. The van der Waals surface area contributed by atoms with Gasteiger partial charge < -0.3 is 21.1 Å². The predicted octanol–water partition coefficient (Wildman–Crippen LogP) is -1.98. The fourth-order valence-electron chi connectivity index (χ4n) is 0.764. The monoisotopic (exact) mass is 265 g/mol. The first kappa shape index (κ1) is 16.9.